The first kappa shape index (κ1) is 23.1. The lowest BCUT2D eigenvalue weighted by Crippen LogP contribution is -2.45. The highest BCUT2D eigenvalue weighted by Crippen LogP contribution is 2.20. The first-order valence-corrected chi connectivity index (χ1v) is 13.0. The van der Waals surface area contributed by atoms with Gasteiger partial charge in [0.1, 0.15) is 10.7 Å². The molecule has 0 aliphatic carbocycles. The molecular weight excluding hydrogens is 400 g/mol. The second-order valence-corrected chi connectivity index (χ2v) is 10.9. The van der Waals surface area contributed by atoms with Gasteiger partial charge in [0, 0.05) is 31.4 Å². The topological polar surface area (TPSA) is 108 Å². The lowest BCUT2D eigenvalue weighted by molar-refractivity contribution is 0.458. The van der Waals surface area contributed by atoms with Crippen LogP contribution in [0.1, 0.15) is 52.9 Å². The summed E-state index contributed by atoms with van der Waals surface area (Å²) in [5.74, 6) is 0.853. The van der Waals surface area contributed by atoms with Gasteiger partial charge in [-0.25, -0.2) is 31.3 Å². The van der Waals surface area contributed by atoms with Crippen LogP contribution in [-0.4, -0.2) is 52.7 Å². The molecule has 0 aromatic carbocycles. The van der Waals surface area contributed by atoms with Crippen molar-refractivity contribution in [2.24, 2.45) is 0 Å². The number of anilines is 1. The van der Waals surface area contributed by atoms with Gasteiger partial charge in [-0.2, -0.15) is 0 Å². The Morgan fingerprint density at radius 2 is 1.82 bits per heavy atom. The fourth-order valence-electron chi connectivity index (χ4n) is 3.35. The number of pyridine rings is 1. The van der Waals surface area contributed by atoms with E-state index in [-0.39, 0.29) is 22.7 Å². The van der Waals surface area contributed by atoms with Crippen molar-refractivity contribution < 1.29 is 16.8 Å². The molecule has 0 amide bonds. The van der Waals surface area contributed by atoms with Gasteiger partial charge in [-0.3, -0.25) is 0 Å². The molecule has 1 aromatic heterocycles. The Kier molecular flexibility index (Phi) is 8.23. The van der Waals surface area contributed by atoms with Crippen molar-refractivity contribution in [1.82, 2.24) is 14.4 Å². The van der Waals surface area contributed by atoms with Gasteiger partial charge in [0.05, 0.1) is 5.75 Å². The molecule has 1 saturated heterocycles. The van der Waals surface area contributed by atoms with Crippen LogP contribution in [0.2, 0.25) is 0 Å². The molecule has 0 saturated carbocycles. The first-order chi connectivity index (χ1) is 13.2. The van der Waals surface area contributed by atoms with E-state index in [0.717, 1.165) is 12.8 Å². The molecule has 8 nitrogen and oxygen atoms in total. The van der Waals surface area contributed by atoms with Gasteiger partial charge in [-0.15, -0.1) is 0 Å². The summed E-state index contributed by atoms with van der Waals surface area (Å²) in [5.41, 5.74) is 0. The van der Waals surface area contributed by atoms with Crippen LogP contribution in [0.4, 0.5) is 5.82 Å². The largest absolute Gasteiger partial charge is 0.357 e. The molecule has 1 aromatic rings. The minimum atomic E-state index is -3.57. The number of hydrogen-bond donors (Lipinski definition) is 2. The molecule has 160 valence electrons. The van der Waals surface area contributed by atoms with Crippen LogP contribution >= 0.6 is 0 Å². The number of sulfonamides is 2. The first-order valence-electron chi connectivity index (χ1n) is 9.90. The lowest BCUT2D eigenvalue weighted by Gasteiger charge is -2.33. The lowest BCUT2D eigenvalue weighted by atomic mass is 10.1. The molecule has 28 heavy (non-hydrogen) atoms. The van der Waals surface area contributed by atoms with E-state index in [1.807, 2.05) is 25.7 Å². The molecule has 10 heteroatoms. The van der Waals surface area contributed by atoms with Crippen LogP contribution in [0.5, 0.6) is 0 Å². The molecule has 1 unspecified atom stereocenters. The normalized spacial score (nSPS) is 17.6. The molecule has 0 spiro atoms. The van der Waals surface area contributed by atoms with E-state index in [9.17, 15) is 16.8 Å². The van der Waals surface area contributed by atoms with Crippen molar-refractivity contribution in [3.05, 3.63) is 18.3 Å². The van der Waals surface area contributed by atoms with Crippen molar-refractivity contribution in [3.63, 3.8) is 0 Å². The molecule has 0 bridgehead atoms. The zero-order valence-corrected chi connectivity index (χ0v) is 18.5. The summed E-state index contributed by atoms with van der Waals surface area (Å²) >= 11 is 0. The number of rotatable bonds is 10. The van der Waals surface area contributed by atoms with E-state index in [1.165, 1.54) is 6.20 Å². The number of nitrogens with zero attached hydrogens (tertiary/aromatic N) is 2. The minimum absolute atomic E-state index is 0.0586. The Morgan fingerprint density at radius 3 is 2.36 bits per heavy atom. The summed E-state index contributed by atoms with van der Waals surface area (Å²) in [6, 6.07) is 3.10. The maximum atomic E-state index is 12.4. The number of hydrogen-bond acceptors (Lipinski definition) is 6. The highest BCUT2D eigenvalue weighted by Gasteiger charge is 2.24. The molecule has 2 heterocycles. The Morgan fingerprint density at radius 1 is 1.14 bits per heavy atom. The molecule has 2 N–H and O–H groups in total. The second kappa shape index (κ2) is 10.00. The van der Waals surface area contributed by atoms with Gasteiger partial charge in [0.2, 0.25) is 20.0 Å². The van der Waals surface area contributed by atoms with Gasteiger partial charge in [-0.05, 0) is 44.7 Å². The summed E-state index contributed by atoms with van der Waals surface area (Å²) in [6.07, 6.45) is 5.06. The zero-order valence-electron chi connectivity index (χ0n) is 16.9. The summed E-state index contributed by atoms with van der Waals surface area (Å²) in [4.78, 5) is 6.52. The minimum Gasteiger partial charge on any atom is -0.357 e. The van der Waals surface area contributed by atoms with Crippen molar-refractivity contribution in [2.45, 2.75) is 69.9 Å². The van der Waals surface area contributed by atoms with E-state index in [2.05, 4.69) is 14.4 Å². The smallest absolute Gasteiger partial charge is 0.242 e. The molecule has 1 aliphatic rings. The quantitative estimate of drug-likeness (QED) is 0.584. The number of piperidine rings is 1. The number of aromatic nitrogens is 1. The van der Waals surface area contributed by atoms with Crippen molar-refractivity contribution in [3.8, 4) is 0 Å². The monoisotopic (exact) mass is 432 g/mol. The van der Waals surface area contributed by atoms with Crippen LogP contribution in [0.3, 0.4) is 0 Å². The second-order valence-electron chi connectivity index (χ2n) is 7.36. The fourth-order valence-corrected chi connectivity index (χ4v) is 5.97. The Bertz CT molecular complexity index is 818. The third-order valence-corrected chi connectivity index (χ3v) is 7.96. The predicted octanol–water partition coefficient (Wildman–Crippen LogP) is 1.85. The van der Waals surface area contributed by atoms with Gasteiger partial charge in [0.25, 0.3) is 0 Å². The van der Waals surface area contributed by atoms with E-state index >= 15 is 0 Å². The van der Waals surface area contributed by atoms with Gasteiger partial charge in [-0.1, -0.05) is 20.3 Å². The molecule has 1 fully saturated rings. The van der Waals surface area contributed by atoms with Crippen LogP contribution < -0.4 is 14.3 Å². The van der Waals surface area contributed by atoms with Crippen LogP contribution in [-0.2, 0) is 20.0 Å². The van der Waals surface area contributed by atoms with Crippen LogP contribution in [0, 0.1) is 0 Å². The van der Waals surface area contributed by atoms with E-state index in [0.29, 0.717) is 38.2 Å². The van der Waals surface area contributed by atoms with Gasteiger partial charge >= 0.3 is 0 Å². The molecule has 1 aliphatic heterocycles. The molecule has 2 rings (SSSR count). The van der Waals surface area contributed by atoms with Crippen molar-refractivity contribution in [2.75, 3.05) is 23.7 Å². The Hall–Kier alpha value is -1.23. The standard InChI is InChI=1S/C18H32N4O4S2/c1-4-6-15(3)20-28(25,26)17-7-8-18(19-14-17)22-11-9-16(10-12-22)21-27(23,24)13-5-2/h7-8,14-16,20-21H,4-6,9-13H2,1-3H3. The summed E-state index contributed by atoms with van der Waals surface area (Å²) in [5, 5.41) is 0. The average Bonchev–Trinajstić information content (AvgIpc) is 2.62. The molecule has 0 radical (unpaired) electrons. The summed E-state index contributed by atoms with van der Waals surface area (Å²) < 4.78 is 54.0. The van der Waals surface area contributed by atoms with E-state index in [1.54, 1.807) is 12.1 Å². The predicted molar refractivity (Wildman–Crippen MR) is 111 cm³/mol. The van der Waals surface area contributed by atoms with Gasteiger partial charge < -0.3 is 4.90 Å². The highest BCUT2D eigenvalue weighted by atomic mass is 32.2. The fraction of sp³-hybridized carbons (Fsp3) is 0.722. The van der Waals surface area contributed by atoms with Crippen LogP contribution in [0.25, 0.3) is 0 Å². The third kappa shape index (κ3) is 6.68. The van der Waals surface area contributed by atoms with Crippen molar-refractivity contribution >= 4 is 25.9 Å². The number of nitrogens with one attached hydrogen (secondary N) is 2. The SMILES string of the molecule is CCCC(C)NS(=O)(=O)c1ccc(N2CCC(NS(=O)(=O)CCC)CC2)nc1. The summed E-state index contributed by atoms with van der Waals surface area (Å²) in [6.45, 7) is 7.05. The summed E-state index contributed by atoms with van der Waals surface area (Å²) in [7, 11) is -6.78. The maximum absolute atomic E-state index is 12.4. The molecular formula is C18H32N4O4S2. The average molecular weight is 433 g/mol. The van der Waals surface area contributed by atoms with Crippen molar-refractivity contribution in [1.29, 1.82) is 0 Å². The zero-order chi connectivity index (χ0) is 20.8. The van der Waals surface area contributed by atoms with Crippen LogP contribution in [0.15, 0.2) is 23.2 Å². The maximum Gasteiger partial charge on any atom is 0.242 e. The Labute approximate surface area is 169 Å². The van der Waals surface area contributed by atoms with E-state index in [4.69, 9.17) is 0 Å². The molecule has 1 atom stereocenters. The van der Waals surface area contributed by atoms with Gasteiger partial charge in [0.15, 0.2) is 0 Å². The third-order valence-electron chi connectivity index (χ3n) is 4.75. The highest BCUT2D eigenvalue weighted by molar-refractivity contribution is 7.89. The van der Waals surface area contributed by atoms with E-state index < -0.39 is 20.0 Å². The Balaban J connectivity index is 1.94.